The molecule has 1 aliphatic carbocycles. The van der Waals surface area contributed by atoms with Crippen LogP contribution < -0.4 is 5.32 Å². The average molecular weight is 259 g/mol. The Kier molecular flexibility index (Phi) is 8.12. The van der Waals surface area contributed by atoms with Gasteiger partial charge in [0.1, 0.15) is 0 Å². The van der Waals surface area contributed by atoms with Gasteiger partial charge in [-0.2, -0.15) is 0 Å². The molecule has 2 atom stereocenters. The van der Waals surface area contributed by atoms with E-state index >= 15 is 0 Å². The summed E-state index contributed by atoms with van der Waals surface area (Å²) in [6, 6.07) is 0.635. The molecule has 0 aromatic rings. The van der Waals surface area contributed by atoms with Crippen molar-refractivity contribution < 1.29 is 4.21 Å². The van der Waals surface area contributed by atoms with E-state index in [1.54, 1.807) is 0 Å². The number of hydrogen-bond donors (Lipinski definition) is 1. The van der Waals surface area contributed by atoms with Crippen LogP contribution in [0.5, 0.6) is 0 Å². The van der Waals surface area contributed by atoms with E-state index in [2.05, 4.69) is 19.2 Å². The summed E-state index contributed by atoms with van der Waals surface area (Å²) in [5.41, 5.74) is 0. The smallest absolute Gasteiger partial charge is 0.0348 e. The number of nitrogens with one attached hydrogen (secondary N) is 1. The molecule has 1 saturated carbocycles. The Hall–Kier alpha value is 0.110. The summed E-state index contributed by atoms with van der Waals surface area (Å²) >= 11 is 0. The molecule has 1 aliphatic rings. The van der Waals surface area contributed by atoms with Crippen molar-refractivity contribution in [1.29, 1.82) is 0 Å². The van der Waals surface area contributed by atoms with Crippen molar-refractivity contribution in [3.8, 4) is 0 Å². The molecule has 1 rings (SSSR count). The van der Waals surface area contributed by atoms with Crippen LogP contribution in [0.2, 0.25) is 0 Å². The topological polar surface area (TPSA) is 29.1 Å². The molecule has 1 fully saturated rings. The molecule has 2 nitrogen and oxygen atoms in total. The van der Waals surface area contributed by atoms with Crippen molar-refractivity contribution in [2.75, 3.05) is 12.3 Å². The van der Waals surface area contributed by atoms with Crippen LogP contribution in [-0.4, -0.2) is 27.8 Å². The highest BCUT2D eigenvalue weighted by Gasteiger charge is 2.20. The van der Waals surface area contributed by atoms with Gasteiger partial charge >= 0.3 is 0 Å². The first kappa shape index (κ1) is 15.2. The number of rotatable bonds is 9. The van der Waals surface area contributed by atoms with Crippen LogP contribution in [-0.2, 0) is 10.8 Å². The van der Waals surface area contributed by atoms with E-state index in [0.717, 1.165) is 18.7 Å². The predicted molar refractivity (Wildman–Crippen MR) is 76.9 cm³/mol. The van der Waals surface area contributed by atoms with E-state index in [1.807, 2.05) is 0 Å². The molecule has 0 aliphatic heterocycles. The monoisotopic (exact) mass is 259 g/mol. The van der Waals surface area contributed by atoms with Gasteiger partial charge in [0.15, 0.2) is 0 Å². The first-order chi connectivity index (χ1) is 8.27. The SMILES string of the molecule is CCCNC(CC)CCCS(=O)C1CCCC1. The molecule has 3 heteroatoms. The van der Waals surface area contributed by atoms with Crippen LogP contribution in [0, 0.1) is 0 Å². The molecule has 0 spiro atoms. The minimum Gasteiger partial charge on any atom is -0.314 e. The third-order valence-electron chi connectivity index (χ3n) is 3.75. The van der Waals surface area contributed by atoms with Crippen molar-refractivity contribution in [3.05, 3.63) is 0 Å². The summed E-state index contributed by atoms with van der Waals surface area (Å²) in [6.45, 7) is 5.56. The standard InChI is InChI=1S/C14H29NOS/c1-3-11-15-13(4-2)8-7-12-17(16)14-9-5-6-10-14/h13-15H,3-12H2,1-2H3. The maximum Gasteiger partial charge on any atom is 0.0348 e. The lowest BCUT2D eigenvalue weighted by molar-refractivity contribution is 0.464. The Labute approximate surface area is 109 Å². The number of hydrogen-bond acceptors (Lipinski definition) is 2. The summed E-state index contributed by atoms with van der Waals surface area (Å²) in [4.78, 5) is 0. The Balaban J connectivity index is 2.10. The molecule has 0 aromatic carbocycles. The molecule has 0 amide bonds. The van der Waals surface area contributed by atoms with Gasteiger partial charge < -0.3 is 5.32 Å². The zero-order valence-corrected chi connectivity index (χ0v) is 12.4. The van der Waals surface area contributed by atoms with Crippen LogP contribution >= 0.6 is 0 Å². The molecular formula is C14H29NOS. The summed E-state index contributed by atoms with van der Waals surface area (Å²) in [5.74, 6) is 0.926. The molecule has 2 unspecified atom stereocenters. The van der Waals surface area contributed by atoms with Gasteiger partial charge in [-0.15, -0.1) is 0 Å². The third-order valence-corrected chi connectivity index (χ3v) is 5.65. The van der Waals surface area contributed by atoms with Crippen LogP contribution in [0.25, 0.3) is 0 Å². The fourth-order valence-electron chi connectivity index (χ4n) is 2.59. The zero-order valence-electron chi connectivity index (χ0n) is 11.5. The largest absolute Gasteiger partial charge is 0.314 e. The highest BCUT2D eigenvalue weighted by Crippen LogP contribution is 2.23. The molecular weight excluding hydrogens is 230 g/mol. The first-order valence-corrected chi connectivity index (χ1v) is 8.76. The summed E-state index contributed by atoms with van der Waals surface area (Å²) < 4.78 is 12.0. The van der Waals surface area contributed by atoms with Gasteiger partial charge in [-0.05, 0) is 45.1 Å². The average Bonchev–Trinajstić information content (AvgIpc) is 2.87. The molecule has 0 saturated heterocycles. The molecule has 0 bridgehead atoms. The summed E-state index contributed by atoms with van der Waals surface area (Å²) in [7, 11) is -0.547. The highest BCUT2D eigenvalue weighted by atomic mass is 32.2. The lowest BCUT2D eigenvalue weighted by Crippen LogP contribution is -2.29. The van der Waals surface area contributed by atoms with E-state index in [-0.39, 0.29) is 0 Å². The van der Waals surface area contributed by atoms with Gasteiger partial charge in [0.2, 0.25) is 0 Å². The first-order valence-electron chi connectivity index (χ1n) is 7.38. The van der Waals surface area contributed by atoms with E-state index in [9.17, 15) is 4.21 Å². The second-order valence-corrected chi connectivity index (χ2v) is 7.03. The van der Waals surface area contributed by atoms with Gasteiger partial charge in [-0.3, -0.25) is 4.21 Å². The quantitative estimate of drug-likeness (QED) is 0.689. The summed E-state index contributed by atoms with van der Waals surface area (Å²) in [6.07, 6.45) is 9.71. The molecule has 0 aromatic heterocycles. The van der Waals surface area contributed by atoms with E-state index in [4.69, 9.17) is 0 Å². The van der Waals surface area contributed by atoms with E-state index in [0.29, 0.717) is 11.3 Å². The highest BCUT2D eigenvalue weighted by molar-refractivity contribution is 7.85. The molecule has 0 heterocycles. The van der Waals surface area contributed by atoms with Crippen molar-refractivity contribution in [2.45, 2.75) is 76.5 Å². The van der Waals surface area contributed by atoms with Crippen molar-refractivity contribution >= 4 is 10.8 Å². The maximum atomic E-state index is 12.0. The van der Waals surface area contributed by atoms with Crippen LogP contribution in [0.3, 0.4) is 0 Å². The van der Waals surface area contributed by atoms with Crippen LogP contribution in [0.15, 0.2) is 0 Å². The summed E-state index contributed by atoms with van der Waals surface area (Å²) in [5, 5.41) is 4.09. The normalized spacial score (nSPS) is 20.6. The van der Waals surface area contributed by atoms with Gasteiger partial charge in [0.25, 0.3) is 0 Å². The van der Waals surface area contributed by atoms with Gasteiger partial charge in [-0.25, -0.2) is 0 Å². The van der Waals surface area contributed by atoms with E-state index < -0.39 is 10.8 Å². The Bertz CT molecular complexity index is 214. The fourth-order valence-corrected chi connectivity index (χ4v) is 4.23. The Morgan fingerprint density at radius 1 is 1.29 bits per heavy atom. The lowest BCUT2D eigenvalue weighted by Gasteiger charge is -2.16. The maximum absolute atomic E-state index is 12.0. The Morgan fingerprint density at radius 3 is 2.59 bits per heavy atom. The predicted octanol–water partition coefficient (Wildman–Crippen LogP) is 3.24. The second-order valence-electron chi connectivity index (χ2n) is 5.19. The van der Waals surface area contributed by atoms with Gasteiger partial charge in [-0.1, -0.05) is 26.7 Å². The lowest BCUT2D eigenvalue weighted by atomic mass is 10.1. The minimum atomic E-state index is -0.547. The minimum absolute atomic E-state index is 0.527. The second kappa shape index (κ2) is 9.09. The zero-order chi connectivity index (χ0) is 12.5. The van der Waals surface area contributed by atoms with Crippen molar-refractivity contribution in [2.24, 2.45) is 0 Å². The fraction of sp³-hybridized carbons (Fsp3) is 1.00. The van der Waals surface area contributed by atoms with Crippen LogP contribution in [0.4, 0.5) is 0 Å². The molecule has 0 radical (unpaired) electrons. The van der Waals surface area contributed by atoms with Crippen LogP contribution in [0.1, 0.15) is 65.2 Å². The molecule has 17 heavy (non-hydrogen) atoms. The van der Waals surface area contributed by atoms with E-state index in [1.165, 1.54) is 44.9 Å². The van der Waals surface area contributed by atoms with Gasteiger partial charge in [0, 0.05) is 27.8 Å². The Morgan fingerprint density at radius 2 is 2.00 bits per heavy atom. The third kappa shape index (κ3) is 6.01. The van der Waals surface area contributed by atoms with Gasteiger partial charge in [0.05, 0.1) is 0 Å². The van der Waals surface area contributed by atoms with Crippen molar-refractivity contribution in [1.82, 2.24) is 5.32 Å². The molecule has 102 valence electrons. The van der Waals surface area contributed by atoms with Crippen molar-refractivity contribution in [3.63, 3.8) is 0 Å². The molecule has 1 N–H and O–H groups in total.